The Kier molecular flexibility index (Phi) is 5.06. The number of carbonyl (C=O) groups is 1. The molecule has 0 bridgehead atoms. The van der Waals surface area contributed by atoms with Crippen molar-refractivity contribution in [3.05, 3.63) is 35.9 Å². The van der Waals surface area contributed by atoms with Crippen LogP contribution in [0.1, 0.15) is 23.7 Å². The summed E-state index contributed by atoms with van der Waals surface area (Å²) in [6, 6.07) is 9.02. The van der Waals surface area contributed by atoms with Gasteiger partial charge in [0, 0.05) is 24.7 Å². The molecular weight excluding hydrogens is 262 g/mol. The third kappa shape index (κ3) is 4.00. The molecule has 1 aliphatic heterocycles. The molecule has 2 rings (SSSR count). The zero-order valence-electron chi connectivity index (χ0n) is 11.6. The highest BCUT2D eigenvalue weighted by Crippen LogP contribution is 2.18. The molecule has 1 aromatic carbocycles. The average Bonchev–Trinajstić information content (AvgIpc) is 2.44. The van der Waals surface area contributed by atoms with Crippen LogP contribution in [0.5, 0.6) is 0 Å². The van der Waals surface area contributed by atoms with Crippen LogP contribution in [0.2, 0.25) is 0 Å². The fourth-order valence-corrected chi connectivity index (χ4v) is 2.68. The molecule has 5 heteroatoms. The molecular formula is C15H20F2N2O. The van der Waals surface area contributed by atoms with Crippen LogP contribution in [0.15, 0.2) is 30.3 Å². The third-order valence-electron chi connectivity index (χ3n) is 3.53. The Morgan fingerprint density at radius 1 is 1.35 bits per heavy atom. The molecule has 20 heavy (non-hydrogen) atoms. The van der Waals surface area contributed by atoms with Crippen LogP contribution in [0, 0.1) is 5.92 Å². The Labute approximate surface area is 118 Å². The smallest absolute Gasteiger partial charge is 0.253 e. The summed E-state index contributed by atoms with van der Waals surface area (Å²) in [4.78, 5) is 14.1. The van der Waals surface area contributed by atoms with Gasteiger partial charge < -0.3 is 10.2 Å². The molecule has 2 atom stereocenters. The standard InChI is InChI=1S/C15H20F2N2O/c1-11-7-13(18-8-14(16)17)10-19(9-11)15(20)12-5-3-2-4-6-12/h2-6,11,13-14,18H,7-10H2,1H3. The number of amides is 1. The topological polar surface area (TPSA) is 32.3 Å². The van der Waals surface area contributed by atoms with E-state index >= 15 is 0 Å². The van der Waals surface area contributed by atoms with Gasteiger partial charge in [0.1, 0.15) is 0 Å². The minimum atomic E-state index is -2.36. The lowest BCUT2D eigenvalue weighted by Gasteiger charge is -2.37. The molecule has 1 N–H and O–H groups in total. The largest absolute Gasteiger partial charge is 0.337 e. The summed E-state index contributed by atoms with van der Waals surface area (Å²) in [5.41, 5.74) is 0.647. The van der Waals surface area contributed by atoms with Gasteiger partial charge in [0.15, 0.2) is 0 Å². The fraction of sp³-hybridized carbons (Fsp3) is 0.533. The van der Waals surface area contributed by atoms with Crippen molar-refractivity contribution in [2.75, 3.05) is 19.6 Å². The molecule has 1 fully saturated rings. The Morgan fingerprint density at radius 3 is 2.70 bits per heavy atom. The van der Waals surface area contributed by atoms with E-state index in [1.807, 2.05) is 25.1 Å². The molecule has 0 aromatic heterocycles. The predicted octanol–water partition coefficient (Wildman–Crippen LogP) is 2.39. The fourth-order valence-electron chi connectivity index (χ4n) is 2.68. The number of benzene rings is 1. The van der Waals surface area contributed by atoms with E-state index in [4.69, 9.17) is 0 Å². The number of hydrogen-bond acceptors (Lipinski definition) is 2. The highest BCUT2D eigenvalue weighted by atomic mass is 19.3. The van der Waals surface area contributed by atoms with Crippen molar-refractivity contribution < 1.29 is 13.6 Å². The lowest BCUT2D eigenvalue weighted by Crippen LogP contribution is -2.51. The highest BCUT2D eigenvalue weighted by Gasteiger charge is 2.28. The number of piperidine rings is 1. The summed E-state index contributed by atoms with van der Waals surface area (Å²) >= 11 is 0. The molecule has 1 amide bonds. The number of hydrogen-bond donors (Lipinski definition) is 1. The van der Waals surface area contributed by atoms with E-state index in [0.717, 1.165) is 6.42 Å². The zero-order valence-corrected chi connectivity index (χ0v) is 11.6. The van der Waals surface area contributed by atoms with Crippen LogP contribution >= 0.6 is 0 Å². The first-order valence-electron chi connectivity index (χ1n) is 6.92. The van der Waals surface area contributed by atoms with Crippen molar-refractivity contribution in [2.45, 2.75) is 25.8 Å². The van der Waals surface area contributed by atoms with Gasteiger partial charge in [-0.2, -0.15) is 0 Å². The first kappa shape index (κ1) is 14.9. The van der Waals surface area contributed by atoms with Gasteiger partial charge in [-0.15, -0.1) is 0 Å². The van der Waals surface area contributed by atoms with Crippen molar-refractivity contribution in [3.8, 4) is 0 Å². The van der Waals surface area contributed by atoms with Crippen LogP contribution in [-0.4, -0.2) is 42.9 Å². The van der Waals surface area contributed by atoms with Gasteiger partial charge in [0.25, 0.3) is 12.3 Å². The van der Waals surface area contributed by atoms with Crippen LogP contribution in [0.3, 0.4) is 0 Å². The summed E-state index contributed by atoms with van der Waals surface area (Å²) in [5, 5.41) is 2.84. The number of halogens is 2. The molecule has 1 aromatic rings. The van der Waals surface area contributed by atoms with Gasteiger partial charge in [-0.1, -0.05) is 25.1 Å². The quantitative estimate of drug-likeness (QED) is 0.919. The zero-order chi connectivity index (χ0) is 14.5. The van der Waals surface area contributed by atoms with E-state index in [0.29, 0.717) is 24.6 Å². The van der Waals surface area contributed by atoms with Crippen LogP contribution in [0.4, 0.5) is 8.78 Å². The number of nitrogens with one attached hydrogen (secondary N) is 1. The molecule has 110 valence electrons. The Bertz CT molecular complexity index is 439. The molecule has 3 nitrogen and oxygen atoms in total. The molecule has 0 spiro atoms. The lowest BCUT2D eigenvalue weighted by atomic mass is 9.95. The second kappa shape index (κ2) is 6.79. The molecule has 1 saturated heterocycles. The molecule has 1 heterocycles. The summed E-state index contributed by atoms with van der Waals surface area (Å²) < 4.78 is 24.5. The van der Waals surface area contributed by atoms with Gasteiger partial charge in [0.2, 0.25) is 0 Å². The normalized spacial score (nSPS) is 23.1. The number of alkyl halides is 2. The number of likely N-dealkylation sites (tertiary alicyclic amines) is 1. The van der Waals surface area contributed by atoms with Gasteiger partial charge in [-0.25, -0.2) is 8.78 Å². The van der Waals surface area contributed by atoms with Gasteiger partial charge >= 0.3 is 0 Å². The van der Waals surface area contributed by atoms with E-state index in [9.17, 15) is 13.6 Å². The predicted molar refractivity (Wildman–Crippen MR) is 73.9 cm³/mol. The first-order chi connectivity index (χ1) is 9.56. The SMILES string of the molecule is CC1CC(NCC(F)F)CN(C(=O)c2ccccc2)C1. The van der Waals surface area contributed by atoms with E-state index < -0.39 is 6.43 Å². The van der Waals surface area contributed by atoms with Crippen molar-refractivity contribution in [3.63, 3.8) is 0 Å². The van der Waals surface area contributed by atoms with E-state index in [2.05, 4.69) is 5.32 Å². The number of nitrogens with zero attached hydrogens (tertiary/aromatic N) is 1. The Hall–Kier alpha value is -1.49. The average molecular weight is 282 g/mol. The van der Waals surface area contributed by atoms with E-state index in [-0.39, 0.29) is 18.5 Å². The maximum Gasteiger partial charge on any atom is 0.253 e. The van der Waals surface area contributed by atoms with Crippen LogP contribution in [0.25, 0.3) is 0 Å². The summed E-state index contributed by atoms with van der Waals surface area (Å²) in [6.07, 6.45) is -1.53. The molecule has 0 saturated carbocycles. The van der Waals surface area contributed by atoms with E-state index in [1.54, 1.807) is 17.0 Å². The second-order valence-electron chi connectivity index (χ2n) is 5.41. The Balaban J connectivity index is 1.99. The van der Waals surface area contributed by atoms with Crippen molar-refractivity contribution in [2.24, 2.45) is 5.92 Å². The first-order valence-corrected chi connectivity index (χ1v) is 6.92. The highest BCUT2D eigenvalue weighted by molar-refractivity contribution is 5.94. The lowest BCUT2D eigenvalue weighted by molar-refractivity contribution is 0.0622. The Morgan fingerprint density at radius 2 is 2.05 bits per heavy atom. The molecule has 2 unspecified atom stereocenters. The van der Waals surface area contributed by atoms with Gasteiger partial charge in [-0.05, 0) is 24.5 Å². The second-order valence-corrected chi connectivity index (χ2v) is 5.41. The monoisotopic (exact) mass is 282 g/mol. The summed E-state index contributed by atoms with van der Waals surface area (Å²) in [6.45, 7) is 2.90. The molecule has 0 aliphatic carbocycles. The van der Waals surface area contributed by atoms with Gasteiger partial charge in [-0.3, -0.25) is 4.79 Å². The van der Waals surface area contributed by atoms with Crippen LogP contribution < -0.4 is 5.32 Å². The summed E-state index contributed by atoms with van der Waals surface area (Å²) in [5.74, 6) is 0.285. The third-order valence-corrected chi connectivity index (χ3v) is 3.53. The van der Waals surface area contributed by atoms with Crippen LogP contribution in [-0.2, 0) is 0 Å². The van der Waals surface area contributed by atoms with Crippen molar-refractivity contribution >= 4 is 5.91 Å². The number of carbonyl (C=O) groups excluding carboxylic acids is 1. The maximum absolute atomic E-state index is 12.4. The molecule has 0 radical (unpaired) electrons. The summed E-state index contributed by atoms with van der Waals surface area (Å²) in [7, 11) is 0. The molecule has 1 aliphatic rings. The van der Waals surface area contributed by atoms with E-state index in [1.165, 1.54) is 0 Å². The maximum atomic E-state index is 12.4. The minimum absolute atomic E-state index is 0.0269. The van der Waals surface area contributed by atoms with Crippen molar-refractivity contribution in [1.29, 1.82) is 0 Å². The van der Waals surface area contributed by atoms with Crippen molar-refractivity contribution in [1.82, 2.24) is 10.2 Å². The number of rotatable bonds is 4. The minimum Gasteiger partial charge on any atom is -0.337 e. The van der Waals surface area contributed by atoms with Gasteiger partial charge in [0.05, 0.1) is 6.54 Å².